The average Bonchev–Trinajstić information content (AvgIpc) is 3.18. The van der Waals surface area contributed by atoms with E-state index >= 15 is 0 Å². The lowest BCUT2D eigenvalue weighted by Gasteiger charge is -2.28. The molecule has 2 aromatic heterocycles. The van der Waals surface area contributed by atoms with Gasteiger partial charge in [-0.3, -0.25) is 4.98 Å². The normalized spacial score (nSPS) is 14.1. The fourth-order valence-electron chi connectivity index (χ4n) is 2.85. The first-order chi connectivity index (χ1) is 13.8. The van der Waals surface area contributed by atoms with E-state index in [1.165, 1.54) is 17.0 Å². The van der Waals surface area contributed by atoms with Crippen LogP contribution in [0.4, 0.5) is 10.8 Å². The molecule has 1 fully saturated rings. The average molecular weight is 388 g/mol. The summed E-state index contributed by atoms with van der Waals surface area (Å²) in [5.41, 5.74) is 10.4. The number of morpholine rings is 1. The van der Waals surface area contributed by atoms with Crippen LogP contribution in [0, 0.1) is 11.8 Å². The van der Waals surface area contributed by atoms with E-state index in [9.17, 15) is 0 Å². The highest BCUT2D eigenvalue weighted by molar-refractivity contribution is 7.13. The minimum Gasteiger partial charge on any atom is -0.378 e. The van der Waals surface area contributed by atoms with Crippen LogP contribution in [0.15, 0.2) is 48.0 Å². The Labute approximate surface area is 168 Å². The van der Waals surface area contributed by atoms with Crippen molar-refractivity contribution in [2.45, 2.75) is 0 Å². The van der Waals surface area contributed by atoms with E-state index in [4.69, 9.17) is 10.5 Å². The van der Waals surface area contributed by atoms with Crippen molar-refractivity contribution in [2.75, 3.05) is 36.9 Å². The number of hydrogen-bond donors (Lipinski definition) is 1. The monoisotopic (exact) mass is 388 g/mol. The fourth-order valence-corrected chi connectivity index (χ4v) is 3.38. The highest BCUT2D eigenvalue weighted by atomic mass is 32.1. The highest BCUT2D eigenvalue weighted by Crippen LogP contribution is 2.16. The Bertz CT molecular complexity index is 1010. The van der Waals surface area contributed by atoms with Crippen LogP contribution in [-0.4, -0.2) is 36.3 Å². The zero-order valence-electron chi connectivity index (χ0n) is 15.3. The lowest BCUT2D eigenvalue weighted by atomic mass is 10.1. The number of hydrogen-bond acceptors (Lipinski definition) is 6. The molecule has 1 aliphatic heterocycles. The number of ether oxygens (including phenoxy) is 1. The van der Waals surface area contributed by atoms with Crippen LogP contribution in [0.5, 0.6) is 0 Å². The Morgan fingerprint density at radius 3 is 2.36 bits per heavy atom. The van der Waals surface area contributed by atoms with E-state index in [0.717, 1.165) is 48.8 Å². The molecule has 1 aliphatic rings. The summed E-state index contributed by atoms with van der Waals surface area (Å²) in [5.74, 6) is 6.36. The third kappa shape index (κ3) is 4.77. The van der Waals surface area contributed by atoms with Crippen molar-refractivity contribution in [3.05, 3.63) is 70.5 Å². The first-order valence-corrected chi connectivity index (χ1v) is 9.94. The number of nitrogens with zero attached hydrogens (tertiary/aromatic N) is 3. The second-order valence-corrected chi connectivity index (χ2v) is 7.20. The first-order valence-electron chi connectivity index (χ1n) is 9.06. The largest absolute Gasteiger partial charge is 0.378 e. The number of nitrogen functional groups attached to an aromatic ring is 1. The molecule has 0 spiro atoms. The first kappa shape index (κ1) is 18.2. The SMILES string of the molecule is Nc1nc(/C=C/c2ccc(C#Cc3ccc(N4CCOCC4)cc3)cn2)cs1. The van der Waals surface area contributed by atoms with E-state index < -0.39 is 0 Å². The predicted octanol–water partition coefficient (Wildman–Crippen LogP) is 3.53. The summed E-state index contributed by atoms with van der Waals surface area (Å²) in [6, 6.07) is 12.3. The molecule has 0 atom stereocenters. The fraction of sp³-hybridized carbons (Fsp3) is 0.182. The maximum Gasteiger partial charge on any atom is 0.180 e. The summed E-state index contributed by atoms with van der Waals surface area (Å²) in [6.07, 6.45) is 5.59. The van der Waals surface area contributed by atoms with Crippen molar-refractivity contribution in [3.63, 3.8) is 0 Å². The van der Waals surface area contributed by atoms with Gasteiger partial charge in [-0.2, -0.15) is 0 Å². The van der Waals surface area contributed by atoms with Crippen LogP contribution >= 0.6 is 11.3 Å². The molecule has 3 heterocycles. The van der Waals surface area contributed by atoms with Gasteiger partial charge in [-0.1, -0.05) is 11.8 Å². The molecule has 2 N–H and O–H groups in total. The van der Waals surface area contributed by atoms with Gasteiger partial charge in [0.05, 0.1) is 24.6 Å². The van der Waals surface area contributed by atoms with E-state index in [0.29, 0.717) is 5.13 Å². The molecule has 0 radical (unpaired) electrons. The molecule has 28 heavy (non-hydrogen) atoms. The molecule has 0 bridgehead atoms. The number of thiazole rings is 1. The van der Waals surface area contributed by atoms with Crippen LogP contribution in [0.2, 0.25) is 0 Å². The standard InChI is InChI=1S/C22H20N4OS/c23-22-25-20(16-28-22)8-7-19-6-3-18(15-24-19)2-1-17-4-9-21(10-5-17)26-11-13-27-14-12-26/h3-10,15-16H,11-14H2,(H2,23,25)/b8-7+. The molecule has 0 unspecified atom stereocenters. The summed E-state index contributed by atoms with van der Waals surface area (Å²) in [5, 5.41) is 2.48. The minimum atomic E-state index is 0.566. The van der Waals surface area contributed by atoms with E-state index in [1.807, 2.05) is 29.7 Å². The minimum absolute atomic E-state index is 0.566. The Morgan fingerprint density at radius 2 is 1.68 bits per heavy atom. The Hall–Kier alpha value is -3.14. The van der Waals surface area contributed by atoms with Gasteiger partial charge in [-0.15, -0.1) is 11.3 Å². The summed E-state index contributed by atoms with van der Waals surface area (Å²) >= 11 is 1.42. The smallest absolute Gasteiger partial charge is 0.180 e. The van der Waals surface area contributed by atoms with Crippen LogP contribution in [0.3, 0.4) is 0 Å². The third-order valence-corrected chi connectivity index (χ3v) is 5.04. The number of anilines is 2. The molecular formula is C22H20N4OS. The third-order valence-electron chi connectivity index (χ3n) is 4.35. The Balaban J connectivity index is 1.39. The maximum atomic E-state index is 5.63. The molecular weight excluding hydrogens is 368 g/mol. The van der Waals surface area contributed by atoms with Gasteiger partial charge in [0.1, 0.15) is 0 Å². The van der Waals surface area contributed by atoms with Gasteiger partial charge in [0.2, 0.25) is 0 Å². The quantitative estimate of drug-likeness (QED) is 0.696. The van der Waals surface area contributed by atoms with Crippen molar-refractivity contribution >= 4 is 34.3 Å². The van der Waals surface area contributed by atoms with E-state index in [2.05, 4.69) is 51.0 Å². The molecule has 140 valence electrons. The Morgan fingerprint density at radius 1 is 0.964 bits per heavy atom. The molecule has 0 saturated carbocycles. The number of nitrogens with two attached hydrogens (primary N) is 1. The lowest BCUT2D eigenvalue weighted by molar-refractivity contribution is 0.122. The molecule has 1 saturated heterocycles. The van der Waals surface area contributed by atoms with Crippen LogP contribution in [-0.2, 0) is 4.74 Å². The summed E-state index contributed by atoms with van der Waals surface area (Å²) in [6.45, 7) is 3.45. The number of benzene rings is 1. The number of pyridine rings is 1. The molecule has 4 rings (SSSR count). The van der Waals surface area contributed by atoms with Crippen LogP contribution in [0.25, 0.3) is 12.2 Å². The second-order valence-electron chi connectivity index (χ2n) is 6.31. The summed E-state index contributed by atoms with van der Waals surface area (Å²) in [7, 11) is 0. The molecule has 0 aliphatic carbocycles. The molecule has 6 heteroatoms. The van der Waals surface area contributed by atoms with Crippen molar-refractivity contribution in [1.82, 2.24) is 9.97 Å². The van der Waals surface area contributed by atoms with Gasteiger partial charge in [-0.05, 0) is 48.6 Å². The van der Waals surface area contributed by atoms with E-state index in [-0.39, 0.29) is 0 Å². The number of aromatic nitrogens is 2. The molecule has 3 aromatic rings. The highest BCUT2D eigenvalue weighted by Gasteiger charge is 2.10. The number of rotatable bonds is 3. The van der Waals surface area contributed by atoms with Gasteiger partial charge in [-0.25, -0.2) is 4.98 Å². The van der Waals surface area contributed by atoms with Gasteiger partial charge >= 0.3 is 0 Å². The lowest BCUT2D eigenvalue weighted by Crippen LogP contribution is -2.36. The van der Waals surface area contributed by atoms with Gasteiger partial charge in [0, 0.05) is 41.5 Å². The van der Waals surface area contributed by atoms with Crippen molar-refractivity contribution in [3.8, 4) is 11.8 Å². The Kier molecular flexibility index (Phi) is 5.66. The van der Waals surface area contributed by atoms with Crippen molar-refractivity contribution < 1.29 is 4.74 Å². The van der Waals surface area contributed by atoms with Crippen molar-refractivity contribution in [2.24, 2.45) is 0 Å². The predicted molar refractivity (Wildman–Crippen MR) is 115 cm³/mol. The zero-order valence-corrected chi connectivity index (χ0v) is 16.2. The summed E-state index contributed by atoms with van der Waals surface area (Å²) in [4.78, 5) is 10.9. The van der Waals surface area contributed by atoms with Gasteiger partial charge in [0.25, 0.3) is 0 Å². The maximum absolute atomic E-state index is 5.63. The van der Waals surface area contributed by atoms with Crippen molar-refractivity contribution in [1.29, 1.82) is 0 Å². The summed E-state index contributed by atoms with van der Waals surface area (Å²) < 4.78 is 5.40. The van der Waals surface area contributed by atoms with Crippen LogP contribution in [0.1, 0.15) is 22.5 Å². The topological polar surface area (TPSA) is 64.3 Å². The van der Waals surface area contributed by atoms with E-state index in [1.54, 1.807) is 6.20 Å². The molecule has 0 amide bonds. The second kappa shape index (κ2) is 8.70. The molecule has 1 aromatic carbocycles. The molecule has 5 nitrogen and oxygen atoms in total. The van der Waals surface area contributed by atoms with Gasteiger partial charge in [0.15, 0.2) is 5.13 Å². The van der Waals surface area contributed by atoms with Gasteiger partial charge < -0.3 is 15.4 Å². The van der Waals surface area contributed by atoms with Crippen LogP contribution < -0.4 is 10.6 Å². The zero-order chi connectivity index (χ0) is 19.2.